The first-order valence-electron chi connectivity index (χ1n) is 10.2. The van der Waals surface area contributed by atoms with Crippen LogP contribution in [0.15, 0.2) is 30.3 Å². The van der Waals surface area contributed by atoms with Gasteiger partial charge in [0.1, 0.15) is 18.1 Å². The molecule has 0 aliphatic carbocycles. The van der Waals surface area contributed by atoms with E-state index in [1.807, 2.05) is 0 Å². The lowest BCUT2D eigenvalue weighted by atomic mass is 10.0. The Hall–Kier alpha value is -3.83. The average Bonchev–Trinajstić information content (AvgIpc) is 3.45. The lowest BCUT2D eigenvalue weighted by Gasteiger charge is -2.35. The number of rotatable bonds is 7. The fraction of sp³-hybridized carbons (Fsp3) is 0.450. The summed E-state index contributed by atoms with van der Waals surface area (Å²) in [4.78, 5) is 38.3. The van der Waals surface area contributed by atoms with Crippen LogP contribution in [0, 0.1) is 10.1 Å². The van der Waals surface area contributed by atoms with Crippen LogP contribution in [0.25, 0.3) is 0 Å². The molecule has 1 aromatic heterocycles. The van der Waals surface area contributed by atoms with E-state index in [9.17, 15) is 19.7 Å². The van der Waals surface area contributed by atoms with Gasteiger partial charge >= 0.3 is 11.9 Å². The fourth-order valence-corrected chi connectivity index (χ4v) is 3.84. The molecule has 12 heteroatoms. The number of likely N-dealkylation sites (tertiary alicyclic amines) is 1. The second-order valence-electron chi connectivity index (χ2n) is 7.56. The van der Waals surface area contributed by atoms with Gasteiger partial charge in [0.2, 0.25) is 0 Å². The van der Waals surface area contributed by atoms with Crippen molar-refractivity contribution in [1.29, 1.82) is 0 Å². The third-order valence-corrected chi connectivity index (χ3v) is 5.57. The number of methoxy groups -OCH3 is 1. The van der Waals surface area contributed by atoms with Gasteiger partial charge in [-0.15, -0.1) is 5.10 Å². The van der Waals surface area contributed by atoms with E-state index in [-0.39, 0.29) is 42.3 Å². The summed E-state index contributed by atoms with van der Waals surface area (Å²) in [6, 6.07) is 8.23. The Bertz CT molecular complexity index is 984. The van der Waals surface area contributed by atoms with Gasteiger partial charge in [-0.25, -0.2) is 4.79 Å². The van der Waals surface area contributed by atoms with Crippen LogP contribution < -0.4 is 9.47 Å². The van der Waals surface area contributed by atoms with E-state index in [1.165, 1.54) is 0 Å². The van der Waals surface area contributed by atoms with Gasteiger partial charge in [0.05, 0.1) is 19.7 Å². The normalized spacial score (nSPS) is 19.0. The van der Waals surface area contributed by atoms with Gasteiger partial charge in [-0.3, -0.25) is 4.79 Å². The zero-order valence-corrected chi connectivity index (χ0v) is 17.4. The number of hydrogen-bond acceptors (Lipinski definition) is 8. The van der Waals surface area contributed by atoms with Crippen molar-refractivity contribution in [2.24, 2.45) is 0 Å². The minimum atomic E-state index is -0.635. The largest absolute Gasteiger partial charge is 0.497 e. The van der Waals surface area contributed by atoms with Crippen LogP contribution in [0.5, 0.6) is 11.5 Å². The van der Waals surface area contributed by atoms with Crippen molar-refractivity contribution in [3.63, 3.8) is 0 Å². The number of benzene rings is 1. The maximum atomic E-state index is 12.5. The number of H-pyrrole nitrogens is 1. The SMILES string of the molecule is COc1ccc(OCC2CN(C3CCN(C(=O)c4cc([N+](=O)[O-])[nH]n4)CC3)C(=O)O2)cc1. The highest BCUT2D eigenvalue weighted by Gasteiger charge is 2.38. The summed E-state index contributed by atoms with van der Waals surface area (Å²) in [7, 11) is 1.59. The Balaban J connectivity index is 1.26. The average molecular weight is 445 g/mol. The number of piperidine rings is 1. The van der Waals surface area contributed by atoms with E-state index >= 15 is 0 Å². The van der Waals surface area contributed by atoms with Crippen molar-refractivity contribution in [3.05, 3.63) is 46.1 Å². The number of aromatic nitrogens is 2. The van der Waals surface area contributed by atoms with Gasteiger partial charge in [0.25, 0.3) is 5.91 Å². The predicted octanol–water partition coefficient (Wildman–Crippen LogP) is 1.83. The van der Waals surface area contributed by atoms with Crippen molar-refractivity contribution in [2.45, 2.75) is 25.0 Å². The van der Waals surface area contributed by atoms with Crippen LogP contribution in [0.1, 0.15) is 23.3 Å². The van der Waals surface area contributed by atoms with Gasteiger partial charge in [-0.05, 0) is 42.0 Å². The molecule has 0 radical (unpaired) electrons. The molecule has 12 nitrogen and oxygen atoms in total. The molecule has 1 unspecified atom stereocenters. The maximum absolute atomic E-state index is 12.5. The van der Waals surface area contributed by atoms with E-state index in [2.05, 4.69) is 10.2 Å². The summed E-state index contributed by atoms with van der Waals surface area (Å²) in [5.74, 6) is 0.686. The molecule has 0 spiro atoms. The highest BCUT2D eigenvalue weighted by atomic mass is 16.6. The number of hydrogen-bond donors (Lipinski definition) is 1. The quantitative estimate of drug-likeness (QED) is 0.503. The molecule has 170 valence electrons. The molecule has 3 heterocycles. The minimum Gasteiger partial charge on any atom is -0.497 e. The fourth-order valence-electron chi connectivity index (χ4n) is 3.84. The number of carbonyl (C=O) groups is 2. The molecular formula is C20H23N5O7. The van der Waals surface area contributed by atoms with E-state index in [4.69, 9.17) is 14.2 Å². The number of nitrogens with zero attached hydrogens (tertiary/aromatic N) is 4. The van der Waals surface area contributed by atoms with E-state index in [0.29, 0.717) is 38.2 Å². The van der Waals surface area contributed by atoms with Crippen molar-refractivity contribution >= 4 is 17.8 Å². The molecule has 0 saturated carbocycles. The Kier molecular flexibility index (Phi) is 6.10. The number of amides is 2. The van der Waals surface area contributed by atoms with Crippen molar-refractivity contribution < 1.29 is 28.7 Å². The Labute approximate surface area is 183 Å². The van der Waals surface area contributed by atoms with Crippen molar-refractivity contribution in [1.82, 2.24) is 20.0 Å². The summed E-state index contributed by atoms with van der Waals surface area (Å²) < 4.78 is 16.3. The summed E-state index contributed by atoms with van der Waals surface area (Å²) in [6.07, 6.45) is 0.397. The highest BCUT2D eigenvalue weighted by molar-refractivity contribution is 5.92. The van der Waals surface area contributed by atoms with Crippen LogP contribution in [-0.4, -0.2) is 82.4 Å². The molecular weight excluding hydrogens is 422 g/mol. The topological polar surface area (TPSA) is 140 Å². The molecule has 1 atom stereocenters. The van der Waals surface area contributed by atoms with Gasteiger partial charge in [0, 0.05) is 19.1 Å². The third-order valence-electron chi connectivity index (χ3n) is 5.57. The number of nitro groups is 1. The molecule has 1 aromatic carbocycles. The van der Waals surface area contributed by atoms with Crippen LogP contribution in [0.4, 0.5) is 10.6 Å². The molecule has 4 rings (SSSR count). The zero-order valence-electron chi connectivity index (χ0n) is 17.4. The minimum absolute atomic E-state index is 0.00600. The van der Waals surface area contributed by atoms with Crippen molar-refractivity contribution in [2.75, 3.05) is 33.4 Å². The monoisotopic (exact) mass is 445 g/mol. The number of nitrogens with one attached hydrogen (secondary N) is 1. The number of cyclic esters (lactones) is 1. The zero-order chi connectivity index (χ0) is 22.7. The number of aromatic amines is 1. The molecule has 1 N–H and O–H groups in total. The number of carbonyl (C=O) groups excluding carboxylic acids is 2. The van der Waals surface area contributed by atoms with Gasteiger partial charge < -0.3 is 34.1 Å². The molecule has 2 aliphatic heterocycles. The van der Waals surface area contributed by atoms with E-state index in [1.54, 1.807) is 41.2 Å². The highest BCUT2D eigenvalue weighted by Crippen LogP contribution is 2.24. The lowest BCUT2D eigenvalue weighted by molar-refractivity contribution is -0.389. The van der Waals surface area contributed by atoms with Crippen LogP contribution in [-0.2, 0) is 4.74 Å². The third kappa shape index (κ3) is 4.58. The molecule has 2 fully saturated rings. The second-order valence-corrected chi connectivity index (χ2v) is 7.56. The standard InChI is InChI=1S/C20H23N5O7/c1-30-14-2-4-15(5-3-14)31-12-16-11-24(20(27)32-16)13-6-8-23(9-7-13)19(26)17-10-18(22-21-17)25(28)29/h2-5,10,13,16H,6-9,11-12H2,1H3,(H,21,22). The summed E-state index contributed by atoms with van der Waals surface area (Å²) in [6.45, 7) is 1.49. The first-order valence-corrected chi connectivity index (χ1v) is 10.2. The maximum Gasteiger partial charge on any atom is 0.410 e. The summed E-state index contributed by atoms with van der Waals surface area (Å²) in [5, 5.41) is 16.7. The first kappa shape index (κ1) is 21.4. The predicted molar refractivity (Wildman–Crippen MR) is 110 cm³/mol. The molecule has 2 saturated heterocycles. The second kappa shape index (κ2) is 9.12. The summed E-state index contributed by atoms with van der Waals surface area (Å²) in [5.41, 5.74) is 0.00600. The van der Waals surface area contributed by atoms with E-state index < -0.39 is 4.92 Å². The summed E-state index contributed by atoms with van der Waals surface area (Å²) >= 11 is 0. The number of ether oxygens (including phenoxy) is 3. The van der Waals surface area contributed by atoms with E-state index in [0.717, 1.165) is 11.8 Å². The molecule has 2 aromatic rings. The van der Waals surface area contributed by atoms with Gasteiger partial charge in [-0.1, -0.05) is 5.10 Å². The van der Waals surface area contributed by atoms with Gasteiger partial charge in [-0.2, -0.15) is 0 Å². The van der Waals surface area contributed by atoms with Crippen LogP contribution >= 0.6 is 0 Å². The Morgan fingerprint density at radius 2 is 1.97 bits per heavy atom. The van der Waals surface area contributed by atoms with Crippen molar-refractivity contribution in [3.8, 4) is 11.5 Å². The molecule has 2 amide bonds. The Morgan fingerprint density at radius 1 is 1.28 bits per heavy atom. The first-order chi connectivity index (χ1) is 15.4. The smallest absolute Gasteiger partial charge is 0.410 e. The Morgan fingerprint density at radius 3 is 2.59 bits per heavy atom. The van der Waals surface area contributed by atoms with Crippen LogP contribution in [0.2, 0.25) is 0 Å². The molecule has 0 bridgehead atoms. The molecule has 2 aliphatic rings. The van der Waals surface area contributed by atoms with Gasteiger partial charge in [0.15, 0.2) is 11.8 Å². The lowest BCUT2D eigenvalue weighted by Crippen LogP contribution is -2.47. The molecule has 32 heavy (non-hydrogen) atoms. The van der Waals surface area contributed by atoms with Crippen LogP contribution in [0.3, 0.4) is 0 Å².